The molecule has 1 aromatic heterocycles. The third-order valence-corrected chi connectivity index (χ3v) is 1.66. The molecule has 1 rings (SSSR count). The van der Waals surface area contributed by atoms with Crippen LogP contribution in [0.3, 0.4) is 0 Å². The summed E-state index contributed by atoms with van der Waals surface area (Å²) in [4.78, 5) is 4.33. The van der Waals surface area contributed by atoms with Crippen molar-refractivity contribution in [2.45, 2.75) is 20.3 Å². The molecular formula is C9H12N. The first-order chi connectivity index (χ1) is 4.74. The van der Waals surface area contributed by atoms with E-state index in [0.29, 0.717) is 0 Å². The second-order valence-corrected chi connectivity index (χ2v) is 2.45. The van der Waals surface area contributed by atoms with Crippen LogP contribution in [-0.4, -0.2) is 4.98 Å². The average Bonchev–Trinajstić information content (AvgIpc) is 1.95. The maximum atomic E-state index is 4.33. The molecule has 0 unspecified atom stereocenters. The lowest BCUT2D eigenvalue weighted by molar-refractivity contribution is 1.04. The van der Waals surface area contributed by atoms with E-state index in [9.17, 15) is 0 Å². The molecule has 0 aliphatic heterocycles. The van der Waals surface area contributed by atoms with E-state index in [4.69, 9.17) is 0 Å². The van der Waals surface area contributed by atoms with Crippen LogP contribution >= 0.6 is 0 Å². The van der Waals surface area contributed by atoms with Crippen molar-refractivity contribution in [3.63, 3.8) is 0 Å². The van der Waals surface area contributed by atoms with Gasteiger partial charge in [0.1, 0.15) is 0 Å². The van der Waals surface area contributed by atoms with Crippen LogP contribution in [0.15, 0.2) is 12.1 Å². The van der Waals surface area contributed by atoms with Gasteiger partial charge in [-0.3, -0.25) is 4.98 Å². The van der Waals surface area contributed by atoms with Gasteiger partial charge in [0.15, 0.2) is 0 Å². The van der Waals surface area contributed by atoms with Gasteiger partial charge in [0, 0.05) is 11.4 Å². The second-order valence-electron chi connectivity index (χ2n) is 2.45. The van der Waals surface area contributed by atoms with E-state index >= 15 is 0 Å². The Morgan fingerprint density at radius 1 is 1.40 bits per heavy atom. The number of pyridine rings is 1. The summed E-state index contributed by atoms with van der Waals surface area (Å²) in [5.41, 5.74) is 3.43. The molecule has 0 fully saturated rings. The fourth-order valence-corrected chi connectivity index (χ4v) is 0.822. The van der Waals surface area contributed by atoms with Crippen molar-refractivity contribution in [1.29, 1.82) is 0 Å². The maximum absolute atomic E-state index is 4.33. The van der Waals surface area contributed by atoms with Crippen LogP contribution in [0.5, 0.6) is 0 Å². The molecule has 0 atom stereocenters. The minimum atomic E-state index is 0.779. The predicted molar refractivity (Wildman–Crippen MR) is 42.8 cm³/mol. The van der Waals surface area contributed by atoms with Gasteiger partial charge in [-0.1, -0.05) is 6.07 Å². The Kier molecular flexibility index (Phi) is 2.05. The highest BCUT2D eigenvalue weighted by Crippen LogP contribution is 2.04. The van der Waals surface area contributed by atoms with Crippen molar-refractivity contribution in [2.24, 2.45) is 0 Å². The van der Waals surface area contributed by atoms with Crippen LogP contribution in [0.4, 0.5) is 0 Å². The smallest absolute Gasteiger partial charge is 0.0407 e. The minimum Gasteiger partial charge on any atom is -0.258 e. The summed E-state index contributed by atoms with van der Waals surface area (Å²) in [6, 6.07) is 4.11. The zero-order chi connectivity index (χ0) is 7.56. The maximum Gasteiger partial charge on any atom is 0.0407 e. The Bertz CT molecular complexity index is 228. The zero-order valence-electron chi connectivity index (χ0n) is 6.52. The van der Waals surface area contributed by atoms with Crippen LogP contribution in [-0.2, 0) is 6.42 Å². The summed E-state index contributed by atoms with van der Waals surface area (Å²) < 4.78 is 0. The van der Waals surface area contributed by atoms with Crippen LogP contribution < -0.4 is 0 Å². The molecule has 0 bridgehead atoms. The Morgan fingerprint density at radius 3 is 2.60 bits per heavy atom. The second kappa shape index (κ2) is 2.82. The van der Waals surface area contributed by atoms with E-state index in [-0.39, 0.29) is 0 Å². The fourth-order valence-electron chi connectivity index (χ4n) is 0.822. The van der Waals surface area contributed by atoms with E-state index in [2.05, 4.69) is 24.9 Å². The van der Waals surface area contributed by atoms with Crippen molar-refractivity contribution in [3.8, 4) is 0 Å². The van der Waals surface area contributed by atoms with Gasteiger partial charge in [0.2, 0.25) is 0 Å². The van der Waals surface area contributed by atoms with Gasteiger partial charge in [-0.2, -0.15) is 0 Å². The highest BCUT2D eigenvalue weighted by Gasteiger charge is 1.93. The van der Waals surface area contributed by atoms with Gasteiger partial charge in [-0.25, -0.2) is 0 Å². The van der Waals surface area contributed by atoms with E-state index < -0.39 is 0 Å². The summed E-state index contributed by atoms with van der Waals surface area (Å²) in [6.45, 7) is 7.85. The molecule has 0 aromatic carbocycles. The molecular weight excluding hydrogens is 122 g/mol. The predicted octanol–water partition coefficient (Wildman–Crippen LogP) is 2.08. The Morgan fingerprint density at radius 2 is 2.10 bits per heavy atom. The molecule has 1 nitrogen and oxygen atoms in total. The molecule has 0 N–H and O–H groups in total. The monoisotopic (exact) mass is 134 g/mol. The van der Waals surface area contributed by atoms with Crippen molar-refractivity contribution in [2.75, 3.05) is 0 Å². The van der Waals surface area contributed by atoms with Crippen LogP contribution in [0, 0.1) is 20.8 Å². The highest BCUT2D eigenvalue weighted by molar-refractivity contribution is 5.20. The number of hydrogen-bond donors (Lipinski definition) is 0. The van der Waals surface area contributed by atoms with E-state index in [0.717, 1.165) is 17.8 Å². The van der Waals surface area contributed by atoms with Crippen LogP contribution in [0.25, 0.3) is 0 Å². The van der Waals surface area contributed by atoms with E-state index in [1.165, 1.54) is 5.56 Å². The zero-order valence-corrected chi connectivity index (χ0v) is 6.52. The van der Waals surface area contributed by atoms with E-state index in [1.54, 1.807) is 0 Å². The first-order valence-electron chi connectivity index (χ1n) is 3.46. The van der Waals surface area contributed by atoms with Crippen molar-refractivity contribution in [1.82, 2.24) is 4.98 Å². The van der Waals surface area contributed by atoms with Gasteiger partial charge >= 0.3 is 0 Å². The van der Waals surface area contributed by atoms with Gasteiger partial charge in [0.25, 0.3) is 0 Å². The first kappa shape index (κ1) is 7.26. The van der Waals surface area contributed by atoms with Crippen LogP contribution in [0.1, 0.15) is 17.0 Å². The van der Waals surface area contributed by atoms with E-state index in [1.807, 2.05) is 13.0 Å². The molecule has 10 heavy (non-hydrogen) atoms. The minimum absolute atomic E-state index is 0.779. The van der Waals surface area contributed by atoms with Crippen molar-refractivity contribution in [3.05, 3.63) is 36.0 Å². The molecule has 53 valence electrons. The third kappa shape index (κ3) is 1.35. The number of hydrogen-bond acceptors (Lipinski definition) is 1. The van der Waals surface area contributed by atoms with Gasteiger partial charge in [-0.05, 0) is 38.8 Å². The molecule has 0 spiro atoms. The number of aromatic nitrogens is 1. The molecule has 0 aliphatic rings. The van der Waals surface area contributed by atoms with Crippen LogP contribution in [0.2, 0.25) is 0 Å². The molecule has 0 saturated heterocycles. The normalized spacial score (nSPS) is 9.90. The molecule has 1 heteroatoms. The Balaban J connectivity index is 3.04. The number of nitrogens with zero attached hydrogens (tertiary/aromatic N) is 1. The molecule has 0 saturated carbocycles. The molecule has 1 aromatic rings. The lowest BCUT2D eigenvalue weighted by Gasteiger charge is -2.00. The SMILES string of the molecule is [CH2]Cc1ccc(C)c(C)n1. The molecule has 0 aliphatic carbocycles. The van der Waals surface area contributed by atoms with Crippen molar-refractivity contribution >= 4 is 0 Å². The van der Waals surface area contributed by atoms with Gasteiger partial charge < -0.3 is 0 Å². The summed E-state index contributed by atoms with van der Waals surface area (Å²) in [6.07, 6.45) is 0.779. The Hall–Kier alpha value is -0.850. The third-order valence-electron chi connectivity index (χ3n) is 1.66. The largest absolute Gasteiger partial charge is 0.258 e. The number of aryl methyl sites for hydroxylation is 2. The summed E-state index contributed by atoms with van der Waals surface area (Å²) in [7, 11) is 0. The first-order valence-corrected chi connectivity index (χ1v) is 3.46. The van der Waals surface area contributed by atoms with Gasteiger partial charge in [-0.15, -0.1) is 0 Å². The highest BCUT2D eigenvalue weighted by atomic mass is 14.7. The lowest BCUT2D eigenvalue weighted by atomic mass is 10.2. The molecule has 1 radical (unpaired) electrons. The van der Waals surface area contributed by atoms with Crippen molar-refractivity contribution < 1.29 is 0 Å². The molecule has 0 amide bonds. The summed E-state index contributed by atoms with van der Waals surface area (Å²) in [5, 5.41) is 0. The fraction of sp³-hybridized carbons (Fsp3) is 0.333. The number of rotatable bonds is 1. The topological polar surface area (TPSA) is 12.9 Å². The summed E-state index contributed by atoms with van der Waals surface area (Å²) >= 11 is 0. The summed E-state index contributed by atoms with van der Waals surface area (Å²) in [5.74, 6) is 0. The molecule has 1 heterocycles. The Labute approximate surface area is 62.1 Å². The average molecular weight is 134 g/mol. The standard InChI is InChI=1S/C9H12N/c1-4-9-6-5-7(2)8(3)10-9/h5-6H,1,4H2,2-3H3. The van der Waals surface area contributed by atoms with Gasteiger partial charge in [0.05, 0.1) is 0 Å². The lowest BCUT2D eigenvalue weighted by Crippen LogP contribution is -1.91. The quantitative estimate of drug-likeness (QED) is 0.573.